The van der Waals surface area contributed by atoms with E-state index in [4.69, 9.17) is 0 Å². The maximum absolute atomic E-state index is 12.2. The number of benzene rings is 1. The van der Waals surface area contributed by atoms with E-state index >= 15 is 0 Å². The molecule has 1 aromatic heterocycles. The molecule has 2 rings (SSSR count). The number of carbonyl (C=O) groups excluding carboxylic acids is 1. The van der Waals surface area contributed by atoms with E-state index in [1.165, 1.54) is 22.5 Å². The van der Waals surface area contributed by atoms with E-state index in [0.29, 0.717) is 17.5 Å². The van der Waals surface area contributed by atoms with Crippen LogP contribution in [0.3, 0.4) is 0 Å². The summed E-state index contributed by atoms with van der Waals surface area (Å²) >= 11 is 3.09. The minimum Gasteiger partial charge on any atom is -0.300 e. The summed E-state index contributed by atoms with van der Waals surface area (Å²) in [4.78, 5) is 12.2. The van der Waals surface area contributed by atoms with E-state index in [2.05, 4.69) is 88.2 Å². The van der Waals surface area contributed by atoms with Crippen molar-refractivity contribution in [1.82, 2.24) is 10.2 Å². The summed E-state index contributed by atoms with van der Waals surface area (Å²) in [6.45, 7) is 15.4. The second kappa shape index (κ2) is 9.40. The Morgan fingerprint density at radius 2 is 1.75 bits per heavy atom. The van der Waals surface area contributed by atoms with Crippen molar-refractivity contribution in [3.8, 4) is 0 Å². The van der Waals surface area contributed by atoms with Gasteiger partial charge in [0.1, 0.15) is 0 Å². The van der Waals surface area contributed by atoms with E-state index in [9.17, 15) is 4.79 Å². The second-order valence-electron chi connectivity index (χ2n) is 9.73. The Morgan fingerprint density at radius 1 is 1.11 bits per heavy atom. The van der Waals surface area contributed by atoms with Crippen LogP contribution < -0.4 is 5.32 Å². The first-order valence-electron chi connectivity index (χ1n) is 9.78. The number of thioether (sulfide) groups is 1. The Bertz CT molecular complexity index is 770. The fourth-order valence-electron chi connectivity index (χ4n) is 3.17. The number of carbonyl (C=O) groups is 1. The molecule has 1 amide bonds. The molecule has 0 spiro atoms. The molecule has 0 aliphatic heterocycles. The van der Waals surface area contributed by atoms with Gasteiger partial charge in [-0.2, -0.15) is 0 Å². The molecule has 154 valence electrons. The molecule has 0 unspecified atom stereocenters. The lowest BCUT2D eigenvalue weighted by molar-refractivity contribution is -0.117. The van der Waals surface area contributed by atoms with Gasteiger partial charge < -0.3 is 5.32 Å². The van der Waals surface area contributed by atoms with Crippen molar-refractivity contribution in [3.05, 3.63) is 35.4 Å². The fraction of sp³-hybridized carbons (Fsp3) is 0.591. The van der Waals surface area contributed by atoms with Crippen molar-refractivity contribution in [2.45, 2.75) is 76.8 Å². The summed E-state index contributed by atoms with van der Waals surface area (Å²) in [7, 11) is 0. The van der Waals surface area contributed by atoms with Crippen LogP contribution in [0.2, 0.25) is 0 Å². The molecule has 0 aliphatic rings. The molecular weight excluding hydrogens is 386 g/mol. The minimum absolute atomic E-state index is 0.0159. The summed E-state index contributed by atoms with van der Waals surface area (Å²) in [5.74, 6) is 1.20. The van der Waals surface area contributed by atoms with Crippen LogP contribution in [0.5, 0.6) is 0 Å². The van der Waals surface area contributed by atoms with Gasteiger partial charge in [-0.25, -0.2) is 0 Å². The number of nitrogens with zero attached hydrogens (tertiary/aromatic N) is 2. The van der Waals surface area contributed by atoms with Gasteiger partial charge in [-0.1, -0.05) is 95.8 Å². The normalized spacial score (nSPS) is 13.4. The van der Waals surface area contributed by atoms with Crippen molar-refractivity contribution in [1.29, 1.82) is 0 Å². The predicted octanol–water partition coefficient (Wildman–Crippen LogP) is 6.53. The highest BCUT2D eigenvalue weighted by atomic mass is 32.2. The summed E-state index contributed by atoms with van der Waals surface area (Å²) < 4.78 is 0.873. The third kappa shape index (κ3) is 7.92. The van der Waals surface area contributed by atoms with Crippen LogP contribution in [0, 0.1) is 11.3 Å². The lowest BCUT2D eigenvalue weighted by Gasteiger charge is -2.22. The third-order valence-electron chi connectivity index (χ3n) is 4.33. The van der Waals surface area contributed by atoms with Gasteiger partial charge >= 0.3 is 0 Å². The molecule has 1 N–H and O–H groups in total. The summed E-state index contributed by atoms with van der Waals surface area (Å²) in [5, 5.41) is 11.8. The van der Waals surface area contributed by atoms with Gasteiger partial charge in [-0.3, -0.25) is 4.79 Å². The number of hydrogen-bond donors (Lipinski definition) is 1. The van der Waals surface area contributed by atoms with Crippen LogP contribution in [0.4, 0.5) is 5.13 Å². The Kier molecular flexibility index (Phi) is 7.68. The second-order valence-corrected chi connectivity index (χ2v) is 11.9. The van der Waals surface area contributed by atoms with Crippen LogP contribution in [0.25, 0.3) is 0 Å². The number of aromatic nitrogens is 2. The predicted molar refractivity (Wildman–Crippen MR) is 121 cm³/mol. The van der Waals surface area contributed by atoms with Gasteiger partial charge in [0.25, 0.3) is 0 Å². The molecule has 1 heterocycles. The number of anilines is 1. The molecule has 2 aromatic rings. The third-order valence-corrected chi connectivity index (χ3v) is 6.37. The molecule has 0 saturated heterocycles. The largest absolute Gasteiger partial charge is 0.300 e. The number of nitrogens with one attached hydrogen (secondary N) is 1. The van der Waals surface area contributed by atoms with Gasteiger partial charge in [0.05, 0.1) is 0 Å². The average molecular weight is 420 g/mol. The summed E-state index contributed by atoms with van der Waals surface area (Å²) in [6, 6.07) is 8.74. The van der Waals surface area contributed by atoms with E-state index in [-0.39, 0.29) is 16.7 Å². The molecule has 1 aromatic carbocycles. The Morgan fingerprint density at radius 3 is 2.32 bits per heavy atom. The maximum atomic E-state index is 12.2. The first kappa shape index (κ1) is 22.9. The Labute approximate surface area is 177 Å². The molecular formula is C22H33N3OS2. The number of amides is 1. The highest BCUT2D eigenvalue weighted by Gasteiger charge is 2.18. The van der Waals surface area contributed by atoms with Crippen molar-refractivity contribution < 1.29 is 4.79 Å². The first-order chi connectivity index (χ1) is 12.9. The first-order valence-corrected chi connectivity index (χ1v) is 11.6. The van der Waals surface area contributed by atoms with Crippen molar-refractivity contribution in [2.75, 3.05) is 5.32 Å². The van der Waals surface area contributed by atoms with E-state index in [1.807, 2.05) is 0 Å². The summed E-state index contributed by atoms with van der Waals surface area (Å²) in [6.07, 6.45) is 1.53. The molecule has 6 heteroatoms. The minimum atomic E-state index is 0.0159. The maximum Gasteiger partial charge on any atom is 0.226 e. The zero-order chi connectivity index (χ0) is 20.9. The Balaban J connectivity index is 1.83. The Hall–Kier alpha value is -1.40. The van der Waals surface area contributed by atoms with Crippen LogP contribution >= 0.6 is 23.1 Å². The lowest BCUT2D eigenvalue weighted by Crippen LogP contribution is -2.18. The fourth-order valence-corrected chi connectivity index (χ4v) is 4.89. The standard InChI is InChI=1S/C22H33N3OS2/c1-15(13-21(2,3)4)12-18(26)23-19-24-25-20(28-19)27-14-16-8-10-17(11-9-16)22(5,6)7/h8-11,15H,12-14H2,1-7H3,(H,23,24,26)/t15-/m1/s1. The van der Waals surface area contributed by atoms with Gasteiger partial charge in [0.15, 0.2) is 4.34 Å². The zero-order valence-corrected chi connectivity index (χ0v) is 19.8. The molecule has 0 radical (unpaired) electrons. The van der Waals surface area contributed by atoms with E-state index in [0.717, 1.165) is 16.5 Å². The van der Waals surface area contributed by atoms with E-state index in [1.54, 1.807) is 11.8 Å². The lowest BCUT2D eigenvalue weighted by atomic mass is 9.84. The van der Waals surface area contributed by atoms with E-state index < -0.39 is 0 Å². The van der Waals surface area contributed by atoms with Crippen molar-refractivity contribution >= 4 is 34.1 Å². The van der Waals surface area contributed by atoms with Crippen LogP contribution in [0.15, 0.2) is 28.6 Å². The number of hydrogen-bond acceptors (Lipinski definition) is 5. The molecule has 28 heavy (non-hydrogen) atoms. The highest BCUT2D eigenvalue weighted by Crippen LogP contribution is 2.30. The zero-order valence-electron chi connectivity index (χ0n) is 18.1. The quantitative estimate of drug-likeness (QED) is 0.409. The SMILES string of the molecule is C[C@H](CC(=O)Nc1nnc(SCc2ccc(C(C)(C)C)cc2)s1)CC(C)(C)C. The van der Waals surface area contributed by atoms with Gasteiger partial charge in [-0.05, 0) is 34.3 Å². The smallest absolute Gasteiger partial charge is 0.226 e. The molecule has 0 bridgehead atoms. The molecule has 0 fully saturated rings. The summed E-state index contributed by atoms with van der Waals surface area (Å²) in [5.41, 5.74) is 3.00. The average Bonchev–Trinajstić information content (AvgIpc) is 2.97. The molecule has 0 saturated carbocycles. The number of rotatable bonds is 7. The van der Waals surface area contributed by atoms with Gasteiger partial charge in [-0.15, -0.1) is 10.2 Å². The monoisotopic (exact) mass is 419 g/mol. The van der Waals surface area contributed by atoms with Crippen LogP contribution in [-0.4, -0.2) is 16.1 Å². The topological polar surface area (TPSA) is 54.9 Å². The molecule has 4 nitrogen and oxygen atoms in total. The van der Waals surface area contributed by atoms with Gasteiger partial charge in [0.2, 0.25) is 11.0 Å². The van der Waals surface area contributed by atoms with Crippen LogP contribution in [-0.2, 0) is 16.0 Å². The van der Waals surface area contributed by atoms with Crippen molar-refractivity contribution in [3.63, 3.8) is 0 Å². The molecule has 0 aliphatic carbocycles. The van der Waals surface area contributed by atoms with Crippen LogP contribution in [0.1, 0.15) is 72.4 Å². The highest BCUT2D eigenvalue weighted by molar-refractivity contribution is 8.00. The van der Waals surface area contributed by atoms with Crippen molar-refractivity contribution in [2.24, 2.45) is 11.3 Å². The molecule has 1 atom stereocenters. The van der Waals surface area contributed by atoms with Gasteiger partial charge in [0, 0.05) is 12.2 Å².